The van der Waals surface area contributed by atoms with Crippen LogP contribution < -0.4 is 16.0 Å². The molecule has 3 N–H and O–H groups in total. The van der Waals surface area contributed by atoms with Gasteiger partial charge in [0.1, 0.15) is 34.5 Å². The van der Waals surface area contributed by atoms with Crippen LogP contribution in [0.1, 0.15) is 30.2 Å². The summed E-state index contributed by atoms with van der Waals surface area (Å²) < 4.78 is 47.8. The van der Waals surface area contributed by atoms with Gasteiger partial charge < -0.3 is 20.4 Å². The first-order valence-electron chi connectivity index (χ1n) is 9.83. The van der Waals surface area contributed by atoms with Gasteiger partial charge in [-0.2, -0.15) is 0 Å². The summed E-state index contributed by atoms with van der Waals surface area (Å²) in [6, 6.07) is 3.90. The fourth-order valence-corrected chi connectivity index (χ4v) is 4.17. The summed E-state index contributed by atoms with van der Waals surface area (Å²) in [6.45, 7) is -0.0545. The van der Waals surface area contributed by atoms with Crippen molar-refractivity contribution in [2.45, 2.75) is 30.3 Å². The monoisotopic (exact) mass is 464 g/mol. The number of hydrogen-bond donors (Lipinski definition) is 3. The number of rotatable bonds is 4. The number of aromatic nitrogens is 1. The molecule has 1 aliphatic carbocycles. The molecule has 0 spiro atoms. The number of halogens is 4. The van der Waals surface area contributed by atoms with Crippen LogP contribution in [0.4, 0.5) is 18.0 Å². The molecular formula is C21H16ClF3N4O3. The third kappa shape index (κ3) is 3.54. The number of fused-ring (bicyclic) bond motifs is 1. The van der Waals surface area contributed by atoms with Crippen LogP contribution in [-0.4, -0.2) is 29.5 Å². The standard InChI is InChI=1S/C21H16ClF3N4O3/c22-9-5-12(24)16(13(25)6-9)11-8-26-18(30)17(11)28-20(31)29-21(3-4-21)19-27-14-2-1-10(23)7-15(14)32-19/h1-2,5-7,11,17H,3-4,8H2,(H,26,30)(H2,28,29,31)/t11-,17-/m0/s1. The van der Waals surface area contributed by atoms with E-state index < -0.39 is 46.9 Å². The molecule has 32 heavy (non-hydrogen) atoms. The van der Waals surface area contributed by atoms with Gasteiger partial charge in [-0.1, -0.05) is 11.6 Å². The highest BCUT2D eigenvalue weighted by molar-refractivity contribution is 6.30. The Morgan fingerprint density at radius 3 is 2.59 bits per heavy atom. The van der Waals surface area contributed by atoms with E-state index in [0.717, 1.165) is 12.1 Å². The third-order valence-electron chi connectivity index (χ3n) is 5.74. The van der Waals surface area contributed by atoms with Gasteiger partial charge in [-0.25, -0.2) is 22.9 Å². The van der Waals surface area contributed by atoms with Crippen molar-refractivity contribution in [2.75, 3.05) is 6.54 Å². The summed E-state index contributed by atoms with van der Waals surface area (Å²) in [5.41, 5.74) is -0.544. The van der Waals surface area contributed by atoms with E-state index in [1.54, 1.807) is 0 Å². The molecule has 11 heteroatoms. The molecule has 2 aliphatic rings. The number of carbonyl (C=O) groups excluding carboxylic acids is 2. The molecule has 2 fully saturated rings. The number of hydrogen-bond acceptors (Lipinski definition) is 4. The van der Waals surface area contributed by atoms with Crippen molar-refractivity contribution in [2.24, 2.45) is 0 Å². The van der Waals surface area contributed by atoms with Gasteiger partial charge in [0, 0.05) is 29.1 Å². The first kappa shape index (κ1) is 20.6. The first-order valence-corrected chi connectivity index (χ1v) is 10.2. The average Bonchev–Trinajstić information content (AvgIpc) is 3.23. The normalized spacial score (nSPS) is 21.4. The van der Waals surface area contributed by atoms with Crippen LogP contribution in [0.25, 0.3) is 11.1 Å². The van der Waals surface area contributed by atoms with E-state index in [4.69, 9.17) is 16.0 Å². The largest absolute Gasteiger partial charge is 0.438 e. The number of benzene rings is 2. The Kier molecular flexibility index (Phi) is 4.77. The van der Waals surface area contributed by atoms with Crippen molar-refractivity contribution in [1.82, 2.24) is 20.9 Å². The zero-order valence-corrected chi connectivity index (χ0v) is 17.1. The Balaban J connectivity index is 1.35. The van der Waals surface area contributed by atoms with Crippen molar-refractivity contribution >= 4 is 34.6 Å². The number of nitrogens with one attached hydrogen (secondary N) is 3. The molecule has 1 saturated heterocycles. The van der Waals surface area contributed by atoms with E-state index in [-0.39, 0.29) is 28.6 Å². The summed E-state index contributed by atoms with van der Waals surface area (Å²) in [4.78, 5) is 29.3. The molecule has 7 nitrogen and oxygen atoms in total. The Hall–Kier alpha value is -3.27. The van der Waals surface area contributed by atoms with Crippen LogP contribution in [-0.2, 0) is 10.3 Å². The van der Waals surface area contributed by atoms with Crippen molar-refractivity contribution < 1.29 is 27.2 Å². The second kappa shape index (κ2) is 7.40. The molecule has 3 amide bonds. The van der Waals surface area contributed by atoms with Gasteiger partial charge >= 0.3 is 6.03 Å². The second-order valence-corrected chi connectivity index (χ2v) is 8.36. The van der Waals surface area contributed by atoms with Crippen molar-refractivity contribution in [1.29, 1.82) is 0 Å². The molecule has 0 unspecified atom stereocenters. The fraction of sp³-hybridized carbons (Fsp3) is 0.286. The Bertz CT molecular complexity index is 1240. The van der Waals surface area contributed by atoms with Crippen molar-refractivity contribution in [3.8, 4) is 0 Å². The predicted octanol–water partition coefficient (Wildman–Crippen LogP) is 3.47. The van der Waals surface area contributed by atoms with Crippen LogP contribution in [0.2, 0.25) is 5.02 Å². The number of amides is 3. The topological polar surface area (TPSA) is 96.3 Å². The molecular weight excluding hydrogens is 449 g/mol. The van der Waals surface area contributed by atoms with Crippen molar-refractivity contribution in [3.63, 3.8) is 0 Å². The lowest BCUT2D eigenvalue weighted by Gasteiger charge is -2.22. The summed E-state index contributed by atoms with van der Waals surface area (Å²) in [7, 11) is 0. The van der Waals surface area contributed by atoms with Gasteiger partial charge in [-0.05, 0) is 37.1 Å². The van der Waals surface area contributed by atoms with Gasteiger partial charge in [-0.3, -0.25) is 4.79 Å². The van der Waals surface area contributed by atoms with Gasteiger partial charge in [-0.15, -0.1) is 0 Å². The highest BCUT2D eigenvalue weighted by Crippen LogP contribution is 2.46. The lowest BCUT2D eigenvalue weighted by molar-refractivity contribution is -0.120. The van der Waals surface area contributed by atoms with Gasteiger partial charge in [0.15, 0.2) is 5.58 Å². The SMILES string of the molecule is O=C(N[C@@H]1C(=O)NC[C@H]1c1c(F)cc(Cl)cc1F)NC1(c2nc3ccc(F)cc3o2)CC1. The molecule has 2 heterocycles. The molecule has 5 rings (SSSR count). The molecule has 0 radical (unpaired) electrons. The second-order valence-electron chi connectivity index (χ2n) is 7.92. The third-order valence-corrected chi connectivity index (χ3v) is 5.96. The van der Waals surface area contributed by atoms with E-state index >= 15 is 0 Å². The van der Waals surface area contributed by atoms with Crippen molar-refractivity contribution in [3.05, 3.63) is 64.3 Å². The molecule has 2 atom stereocenters. The zero-order chi connectivity index (χ0) is 22.6. The minimum absolute atomic E-state index is 0.0545. The van der Waals surface area contributed by atoms with E-state index in [9.17, 15) is 22.8 Å². The molecule has 166 valence electrons. The molecule has 1 aliphatic heterocycles. The lowest BCUT2D eigenvalue weighted by atomic mass is 9.93. The quantitative estimate of drug-likeness (QED) is 0.551. The van der Waals surface area contributed by atoms with Crippen LogP contribution in [0.5, 0.6) is 0 Å². The molecule has 2 aromatic carbocycles. The molecule has 1 saturated carbocycles. The Morgan fingerprint density at radius 2 is 1.91 bits per heavy atom. The summed E-state index contributed by atoms with van der Waals surface area (Å²) in [5.74, 6) is -3.60. The van der Waals surface area contributed by atoms with Gasteiger partial charge in [0.25, 0.3) is 0 Å². The van der Waals surface area contributed by atoms with Gasteiger partial charge in [0.05, 0.1) is 0 Å². The van der Waals surface area contributed by atoms with E-state index in [0.29, 0.717) is 18.4 Å². The maximum atomic E-state index is 14.4. The Labute approximate surface area is 184 Å². The summed E-state index contributed by atoms with van der Waals surface area (Å²) in [6.07, 6.45) is 1.05. The van der Waals surface area contributed by atoms with E-state index in [1.165, 1.54) is 18.2 Å². The number of urea groups is 1. The van der Waals surface area contributed by atoms with Crippen LogP contribution >= 0.6 is 11.6 Å². The Morgan fingerprint density at radius 1 is 1.19 bits per heavy atom. The molecule has 0 bridgehead atoms. The molecule has 3 aromatic rings. The lowest BCUT2D eigenvalue weighted by Crippen LogP contribution is -2.50. The van der Waals surface area contributed by atoms with Crippen LogP contribution in [0.15, 0.2) is 34.7 Å². The highest BCUT2D eigenvalue weighted by Gasteiger charge is 2.51. The maximum Gasteiger partial charge on any atom is 0.316 e. The highest BCUT2D eigenvalue weighted by atomic mass is 35.5. The fourth-order valence-electron chi connectivity index (χ4n) is 3.98. The first-order chi connectivity index (χ1) is 15.3. The zero-order valence-electron chi connectivity index (χ0n) is 16.3. The molecule has 1 aromatic heterocycles. The number of carbonyl (C=O) groups is 2. The van der Waals surface area contributed by atoms with Crippen LogP contribution in [0, 0.1) is 17.5 Å². The smallest absolute Gasteiger partial charge is 0.316 e. The number of oxazole rings is 1. The van der Waals surface area contributed by atoms with E-state index in [2.05, 4.69) is 20.9 Å². The minimum Gasteiger partial charge on any atom is -0.438 e. The summed E-state index contributed by atoms with van der Waals surface area (Å²) >= 11 is 5.68. The summed E-state index contributed by atoms with van der Waals surface area (Å²) in [5, 5.41) is 7.62. The number of nitrogens with zero attached hydrogens (tertiary/aromatic N) is 1. The van der Waals surface area contributed by atoms with Crippen LogP contribution in [0.3, 0.4) is 0 Å². The average molecular weight is 465 g/mol. The minimum atomic E-state index is -1.20. The van der Waals surface area contributed by atoms with E-state index in [1.807, 2.05) is 0 Å². The maximum absolute atomic E-state index is 14.4. The predicted molar refractivity (Wildman–Crippen MR) is 107 cm³/mol. The van der Waals surface area contributed by atoms with Gasteiger partial charge in [0.2, 0.25) is 11.8 Å².